The van der Waals surface area contributed by atoms with Crippen molar-refractivity contribution < 1.29 is 14.5 Å². The van der Waals surface area contributed by atoms with Crippen molar-refractivity contribution in [1.29, 1.82) is 0 Å². The molecule has 35 heavy (non-hydrogen) atoms. The summed E-state index contributed by atoms with van der Waals surface area (Å²) in [6.07, 6.45) is 2.64. The van der Waals surface area contributed by atoms with Gasteiger partial charge in [0, 0.05) is 32.7 Å². The lowest BCUT2D eigenvalue weighted by molar-refractivity contribution is -0.384. The number of rotatable bonds is 8. The molecule has 0 saturated carbocycles. The number of fused-ring (bicyclic) bond motifs is 1. The van der Waals surface area contributed by atoms with E-state index in [1.165, 1.54) is 10.6 Å². The molecule has 1 fully saturated rings. The van der Waals surface area contributed by atoms with Crippen molar-refractivity contribution in [2.24, 2.45) is 13.0 Å². The van der Waals surface area contributed by atoms with E-state index in [0.717, 1.165) is 12.8 Å². The standard InChI is InChI=1S/C23H28N6O6/c1-3-4-11-28-20-19(21(30)25-23(28)32)26(2)18(24-20)14-35-22(31)15-9-12-27(13-10-15)16-7-5-6-8-17(16)29(33)34/h5-8,15H,3-4,9-14H2,1-2H3,(H,25,30,32). The molecular formula is C23H28N6O6. The number of nitro benzene ring substituents is 1. The Bertz CT molecular complexity index is 1370. The number of aromatic amines is 1. The van der Waals surface area contributed by atoms with Gasteiger partial charge in [0.25, 0.3) is 11.2 Å². The highest BCUT2D eigenvalue weighted by Gasteiger charge is 2.29. The Morgan fingerprint density at radius 3 is 2.66 bits per heavy atom. The Balaban J connectivity index is 1.43. The Kier molecular flexibility index (Phi) is 6.99. The number of anilines is 1. The number of piperidine rings is 1. The van der Waals surface area contributed by atoms with Gasteiger partial charge in [0.15, 0.2) is 11.2 Å². The normalized spacial score (nSPS) is 14.4. The highest BCUT2D eigenvalue weighted by atomic mass is 16.6. The molecule has 0 aliphatic carbocycles. The van der Waals surface area contributed by atoms with Crippen LogP contribution in [0.25, 0.3) is 11.2 Å². The van der Waals surface area contributed by atoms with E-state index in [0.29, 0.717) is 44.0 Å². The molecular weight excluding hydrogens is 456 g/mol. The maximum atomic E-state index is 12.7. The van der Waals surface area contributed by atoms with Gasteiger partial charge in [-0.1, -0.05) is 25.5 Å². The quantitative estimate of drug-likeness (QED) is 0.291. The Morgan fingerprint density at radius 2 is 1.97 bits per heavy atom. The predicted octanol–water partition coefficient (Wildman–Crippen LogP) is 2.09. The van der Waals surface area contributed by atoms with Gasteiger partial charge in [0.1, 0.15) is 18.1 Å². The summed E-state index contributed by atoms with van der Waals surface area (Å²) >= 11 is 0. The number of hydrogen-bond acceptors (Lipinski definition) is 8. The minimum atomic E-state index is -0.535. The summed E-state index contributed by atoms with van der Waals surface area (Å²) in [4.78, 5) is 57.0. The first kappa shape index (κ1) is 24.2. The smallest absolute Gasteiger partial charge is 0.330 e. The van der Waals surface area contributed by atoms with Crippen LogP contribution in [0.2, 0.25) is 0 Å². The van der Waals surface area contributed by atoms with Crippen LogP contribution in [-0.4, -0.2) is 43.1 Å². The van der Waals surface area contributed by atoms with E-state index >= 15 is 0 Å². The summed E-state index contributed by atoms with van der Waals surface area (Å²) in [5, 5.41) is 11.3. The molecule has 0 unspecified atom stereocenters. The average molecular weight is 485 g/mol. The van der Waals surface area contributed by atoms with Crippen LogP contribution in [0.5, 0.6) is 0 Å². The van der Waals surface area contributed by atoms with Crippen molar-refractivity contribution >= 4 is 28.5 Å². The highest BCUT2D eigenvalue weighted by molar-refractivity contribution is 5.74. The van der Waals surface area contributed by atoms with Gasteiger partial charge in [-0.15, -0.1) is 0 Å². The Morgan fingerprint density at radius 1 is 1.26 bits per heavy atom. The van der Waals surface area contributed by atoms with E-state index < -0.39 is 16.2 Å². The van der Waals surface area contributed by atoms with Gasteiger partial charge >= 0.3 is 11.7 Å². The van der Waals surface area contributed by atoms with E-state index in [-0.39, 0.29) is 35.3 Å². The molecule has 12 nitrogen and oxygen atoms in total. The summed E-state index contributed by atoms with van der Waals surface area (Å²) in [6, 6.07) is 6.57. The van der Waals surface area contributed by atoms with Crippen LogP contribution in [-0.2, 0) is 29.7 Å². The van der Waals surface area contributed by atoms with Crippen LogP contribution in [0.1, 0.15) is 38.4 Å². The van der Waals surface area contributed by atoms with Gasteiger partial charge in [-0.25, -0.2) is 9.78 Å². The molecule has 4 rings (SSSR count). The first-order valence-electron chi connectivity index (χ1n) is 11.6. The Hall–Kier alpha value is -3.96. The van der Waals surface area contributed by atoms with Crippen molar-refractivity contribution in [3.8, 4) is 0 Å². The minimum Gasteiger partial charge on any atom is -0.457 e. The first-order chi connectivity index (χ1) is 16.8. The third kappa shape index (κ3) is 4.81. The third-order valence-corrected chi connectivity index (χ3v) is 6.43. The fourth-order valence-corrected chi connectivity index (χ4v) is 4.44. The maximum Gasteiger partial charge on any atom is 0.330 e. The number of imidazole rings is 1. The average Bonchev–Trinajstić information content (AvgIpc) is 3.18. The Labute approximate surface area is 200 Å². The number of aromatic nitrogens is 4. The van der Waals surface area contributed by atoms with Crippen LogP contribution in [0.15, 0.2) is 33.9 Å². The third-order valence-electron chi connectivity index (χ3n) is 6.43. The number of esters is 1. The number of nitrogens with zero attached hydrogens (tertiary/aromatic N) is 5. The number of nitrogens with one attached hydrogen (secondary N) is 1. The number of ether oxygens (including phenoxy) is 1. The molecule has 1 aliphatic rings. The van der Waals surface area contributed by atoms with Gasteiger partial charge in [0.05, 0.1) is 10.8 Å². The molecule has 0 radical (unpaired) electrons. The predicted molar refractivity (Wildman–Crippen MR) is 128 cm³/mol. The molecule has 1 N–H and O–H groups in total. The number of para-hydroxylation sites is 2. The lowest BCUT2D eigenvalue weighted by atomic mass is 9.96. The zero-order valence-electron chi connectivity index (χ0n) is 19.7. The zero-order valence-corrected chi connectivity index (χ0v) is 19.7. The molecule has 2 aromatic heterocycles. The fourth-order valence-electron chi connectivity index (χ4n) is 4.44. The summed E-state index contributed by atoms with van der Waals surface area (Å²) in [6.45, 7) is 3.29. The molecule has 0 bridgehead atoms. The van der Waals surface area contributed by atoms with Crippen LogP contribution in [0.3, 0.4) is 0 Å². The zero-order chi connectivity index (χ0) is 25.1. The van der Waals surface area contributed by atoms with E-state index in [4.69, 9.17) is 4.74 Å². The van der Waals surface area contributed by atoms with Gasteiger partial charge in [-0.3, -0.25) is 29.3 Å². The second kappa shape index (κ2) is 10.1. The number of carbonyl (C=O) groups is 1. The number of hydrogen-bond donors (Lipinski definition) is 1. The van der Waals surface area contributed by atoms with Crippen molar-refractivity contribution in [1.82, 2.24) is 19.1 Å². The number of unbranched alkanes of at least 4 members (excludes halogenated alkanes) is 1. The lowest BCUT2D eigenvalue weighted by Gasteiger charge is -2.32. The number of nitro groups is 1. The summed E-state index contributed by atoms with van der Waals surface area (Å²) in [5.74, 6) is -0.349. The highest BCUT2D eigenvalue weighted by Crippen LogP contribution is 2.31. The number of H-pyrrole nitrogens is 1. The number of carbonyl (C=O) groups excluding carboxylic acids is 1. The van der Waals surface area contributed by atoms with Crippen molar-refractivity contribution in [3.63, 3.8) is 0 Å². The largest absolute Gasteiger partial charge is 0.457 e. The van der Waals surface area contributed by atoms with Gasteiger partial charge < -0.3 is 14.2 Å². The second-order valence-electron chi connectivity index (χ2n) is 8.64. The molecule has 186 valence electrons. The van der Waals surface area contributed by atoms with Crippen molar-refractivity contribution in [3.05, 3.63) is 61.0 Å². The SMILES string of the molecule is CCCCn1c(=O)[nH]c(=O)c2c1nc(COC(=O)C1CCN(c3ccccc3[N+](=O)[O-])CC1)n2C. The molecule has 1 aromatic carbocycles. The van der Waals surface area contributed by atoms with Gasteiger partial charge in [-0.05, 0) is 25.3 Å². The van der Waals surface area contributed by atoms with E-state index in [1.807, 2.05) is 11.8 Å². The molecule has 12 heteroatoms. The summed E-state index contributed by atoms with van der Waals surface area (Å²) in [5.41, 5.74) is 0.0740. The second-order valence-corrected chi connectivity index (χ2v) is 8.64. The maximum absolute atomic E-state index is 12.7. The molecule has 0 atom stereocenters. The van der Waals surface area contributed by atoms with Gasteiger partial charge in [-0.2, -0.15) is 0 Å². The molecule has 1 saturated heterocycles. The molecule has 0 spiro atoms. The lowest BCUT2D eigenvalue weighted by Crippen LogP contribution is -2.37. The van der Waals surface area contributed by atoms with Crippen LogP contribution in [0.4, 0.5) is 11.4 Å². The molecule has 3 aromatic rings. The van der Waals surface area contributed by atoms with E-state index in [1.54, 1.807) is 29.8 Å². The van der Waals surface area contributed by atoms with E-state index in [2.05, 4.69) is 9.97 Å². The molecule has 3 heterocycles. The minimum absolute atomic E-state index is 0.0442. The van der Waals surface area contributed by atoms with Crippen molar-refractivity contribution in [2.75, 3.05) is 18.0 Å². The monoisotopic (exact) mass is 484 g/mol. The molecule has 0 amide bonds. The first-order valence-corrected chi connectivity index (χ1v) is 11.6. The number of aryl methyl sites for hydroxylation is 2. The number of benzene rings is 1. The van der Waals surface area contributed by atoms with E-state index in [9.17, 15) is 24.5 Å². The molecule has 1 aliphatic heterocycles. The summed E-state index contributed by atoms with van der Waals surface area (Å²) < 4.78 is 8.50. The van der Waals surface area contributed by atoms with Crippen molar-refractivity contribution in [2.45, 2.75) is 45.8 Å². The van der Waals surface area contributed by atoms with Crippen LogP contribution in [0, 0.1) is 16.0 Å². The van der Waals surface area contributed by atoms with Crippen LogP contribution >= 0.6 is 0 Å². The van der Waals surface area contributed by atoms with Crippen LogP contribution < -0.4 is 16.1 Å². The fraction of sp³-hybridized carbons (Fsp3) is 0.478. The summed E-state index contributed by atoms with van der Waals surface area (Å²) in [7, 11) is 1.65. The topological polar surface area (TPSA) is 145 Å². The van der Waals surface area contributed by atoms with Gasteiger partial charge in [0.2, 0.25) is 0 Å².